The van der Waals surface area contributed by atoms with Crippen LogP contribution >= 0.6 is 0 Å². The van der Waals surface area contributed by atoms with Gasteiger partial charge in [0, 0.05) is 67.4 Å². The van der Waals surface area contributed by atoms with Crippen molar-refractivity contribution in [3.8, 4) is 56.4 Å². The van der Waals surface area contributed by atoms with Gasteiger partial charge in [-0.15, -0.1) is 0 Å². The Morgan fingerprint density at radius 1 is 0.500 bits per heavy atom. The molecule has 2 aliphatic carbocycles. The molecule has 4 heterocycles. The van der Waals surface area contributed by atoms with Crippen LogP contribution in [0, 0.1) is 6.92 Å². The molecule has 76 heavy (non-hydrogen) atoms. The molecule has 0 unspecified atom stereocenters. The zero-order valence-corrected chi connectivity index (χ0v) is 45.2. The predicted molar refractivity (Wildman–Crippen MR) is 316 cm³/mol. The van der Waals surface area contributed by atoms with E-state index >= 15 is 0 Å². The molecule has 0 atom stereocenters. The molecule has 0 saturated carbocycles. The summed E-state index contributed by atoms with van der Waals surface area (Å²) in [5.74, 6) is 2.80. The number of fused-ring (bicyclic) bond motifs is 15. The molecule has 0 radical (unpaired) electrons. The van der Waals surface area contributed by atoms with Crippen molar-refractivity contribution >= 4 is 68.1 Å². The highest BCUT2D eigenvalue weighted by Gasteiger charge is 2.51. The highest BCUT2D eigenvalue weighted by Crippen LogP contribution is 2.61. The number of nitrogens with zero attached hydrogens (tertiary/aromatic N) is 2. The van der Waals surface area contributed by atoms with Crippen LogP contribution in [-0.4, -0.2) is 6.85 Å². The molecule has 10 aromatic rings. The van der Waals surface area contributed by atoms with Gasteiger partial charge in [0.15, 0.2) is 23.0 Å². The van der Waals surface area contributed by atoms with Gasteiger partial charge in [0.1, 0.15) is 11.2 Å². The van der Waals surface area contributed by atoms with E-state index in [1.54, 1.807) is 0 Å². The lowest BCUT2D eigenvalue weighted by molar-refractivity contribution is 0.332. The minimum atomic E-state index is -0.355. The Hall–Kier alpha value is -7.96. The number of benzene rings is 9. The second-order valence-electron chi connectivity index (χ2n) is 25.1. The summed E-state index contributed by atoms with van der Waals surface area (Å²) in [6, 6.07) is 60.8. The van der Waals surface area contributed by atoms with Crippen molar-refractivity contribution < 1.29 is 13.9 Å². The third-order valence-electron chi connectivity index (χ3n) is 18.2. The van der Waals surface area contributed by atoms with Crippen LogP contribution in [0.1, 0.15) is 109 Å². The van der Waals surface area contributed by atoms with Crippen molar-refractivity contribution in [3.63, 3.8) is 0 Å². The molecule has 0 amide bonds. The predicted octanol–water partition coefficient (Wildman–Crippen LogP) is 18.1. The second kappa shape index (κ2) is 15.3. The molecule has 3 aliphatic heterocycles. The first kappa shape index (κ1) is 45.4. The van der Waals surface area contributed by atoms with Crippen molar-refractivity contribution in [1.82, 2.24) is 0 Å². The normalized spacial score (nSPS) is 16.6. The molecular weight excluding hydrogens is 928 g/mol. The Balaban J connectivity index is 1.14. The highest BCUT2D eigenvalue weighted by atomic mass is 16.6. The Bertz CT molecular complexity index is 4170. The molecule has 0 bridgehead atoms. The summed E-state index contributed by atoms with van der Waals surface area (Å²) >= 11 is 0. The lowest BCUT2D eigenvalue weighted by Crippen LogP contribution is -2.62. The molecule has 9 aromatic carbocycles. The smallest absolute Gasteiger partial charge is 0.333 e. The van der Waals surface area contributed by atoms with Gasteiger partial charge in [0.2, 0.25) is 0 Å². The van der Waals surface area contributed by atoms with E-state index in [2.05, 4.69) is 218 Å². The van der Waals surface area contributed by atoms with Gasteiger partial charge >= 0.3 is 6.85 Å². The minimum Gasteiger partial charge on any atom is -0.455 e. The summed E-state index contributed by atoms with van der Waals surface area (Å²) in [7, 11) is 0. The molecule has 0 fully saturated rings. The standard InChI is InChI=1S/C70H61BN2O3/c1-40-34-49-50(69(7,8)33-32-68(49,5)6)37-54(40)72-55-39-61-60(74-58-26-18-19-27-59(58)75-61)38-51(55)71-65-56(72)36-47-44-23-15-17-25-57(44)76-66(47)63(65)62-53(31-29-45-43-22-14-16-24-48(43)70(9,10)64(45)62)73(71)52-30-28-42(67(2,3)4)35-46(52)41-20-12-11-13-21-41/h11-31,34-39H,32-33H2,1-10H3. The van der Waals surface area contributed by atoms with E-state index in [-0.39, 0.29) is 28.5 Å². The van der Waals surface area contributed by atoms with Crippen LogP contribution in [0.25, 0.3) is 55.3 Å². The summed E-state index contributed by atoms with van der Waals surface area (Å²) in [6.45, 7) is 23.5. The Morgan fingerprint density at radius 3 is 1.91 bits per heavy atom. The topological polar surface area (TPSA) is 38.1 Å². The van der Waals surface area contributed by atoms with E-state index in [0.29, 0.717) is 23.0 Å². The molecule has 0 saturated heterocycles. The summed E-state index contributed by atoms with van der Waals surface area (Å²) in [5.41, 5.74) is 24.6. The van der Waals surface area contributed by atoms with E-state index in [1.165, 1.54) is 72.3 Å². The average molecular weight is 989 g/mol. The first-order valence-corrected chi connectivity index (χ1v) is 27.3. The maximum absolute atomic E-state index is 7.40. The zero-order valence-electron chi connectivity index (χ0n) is 45.2. The Morgan fingerprint density at radius 2 is 1.16 bits per heavy atom. The first-order valence-electron chi connectivity index (χ1n) is 27.3. The molecule has 15 rings (SSSR count). The van der Waals surface area contributed by atoms with E-state index in [9.17, 15) is 0 Å². The van der Waals surface area contributed by atoms with E-state index in [1.807, 2.05) is 24.3 Å². The van der Waals surface area contributed by atoms with Gasteiger partial charge in [-0.2, -0.15) is 0 Å². The van der Waals surface area contributed by atoms with Gasteiger partial charge in [-0.05, 0) is 152 Å². The van der Waals surface area contributed by atoms with E-state index in [0.717, 1.165) is 68.6 Å². The van der Waals surface area contributed by atoms with E-state index in [4.69, 9.17) is 13.9 Å². The molecule has 372 valence electrons. The molecule has 1 aromatic heterocycles. The van der Waals surface area contributed by atoms with Crippen LogP contribution in [0.15, 0.2) is 168 Å². The van der Waals surface area contributed by atoms with Crippen molar-refractivity contribution in [1.29, 1.82) is 0 Å². The lowest BCUT2D eigenvalue weighted by atomic mass is 9.43. The van der Waals surface area contributed by atoms with Gasteiger partial charge in [-0.3, -0.25) is 0 Å². The quantitative estimate of drug-likeness (QED) is 0.165. The van der Waals surface area contributed by atoms with Crippen LogP contribution in [0.4, 0.5) is 28.4 Å². The van der Waals surface area contributed by atoms with Crippen LogP contribution in [-0.2, 0) is 21.7 Å². The first-order chi connectivity index (χ1) is 36.5. The second-order valence-corrected chi connectivity index (χ2v) is 25.1. The molecular formula is C70H61BN2O3. The molecule has 6 heteroatoms. The SMILES string of the molecule is Cc1cc2c(cc1N1c3cc4c(cc3B3c5c1cc1c(oc6ccccc61)c5-c1c(ccc5c1C(C)(C)c1ccccc1-5)N3c1ccc(C(C)(C)C)cc1-c1ccccc1)Oc1ccccc1O4)C(C)(C)CCC2(C)C. The number of anilines is 5. The third kappa shape index (κ3) is 6.21. The Kier molecular flexibility index (Phi) is 9.18. The van der Waals surface area contributed by atoms with Crippen molar-refractivity contribution in [2.24, 2.45) is 0 Å². The zero-order chi connectivity index (χ0) is 51.9. The summed E-state index contributed by atoms with van der Waals surface area (Å²) in [4.78, 5) is 5.28. The molecule has 5 aliphatic rings. The average Bonchev–Trinajstić information content (AvgIpc) is 3.96. The fraction of sp³-hybridized carbons (Fsp3) is 0.229. The highest BCUT2D eigenvalue weighted by molar-refractivity contribution is 6.94. The minimum absolute atomic E-state index is 0.0287. The molecule has 0 spiro atoms. The van der Waals surface area contributed by atoms with Gasteiger partial charge in [-0.1, -0.05) is 165 Å². The number of hydrogen-bond donors (Lipinski definition) is 0. The summed E-state index contributed by atoms with van der Waals surface area (Å²) in [6.07, 6.45) is 2.26. The van der Waals surface area contributed by atoms with E-state index < -0.39 is 0 Å². The number of hydrogen-bond acceptors (Lipinski definition) is 5. The maximum Gasteiger partial charge on any atom is 0.333 e. The number of para-hydroxylation sites is 3. The van der Waals surface area contributed by atoms with Crippen LogP contribution in [0.3, 0.4) is 0 Å². The van der Waals surface area contributed by atoms with Crippen molar-refractivity contribution in [2.45, 2.75) is 104 Å². The summed E-state index contributed by atoms with van der Waals surface area (Å²) < 4.78 is 21.3. The van der Waals surface area contributed by atoms with Gasteiger partial charge < -0.3 is 23.6 Å². The maximum atomic E-state index is 7.40. The third-order valence-corrected chi connectivity index (χ3v) is 18.2. The number of rotatable bonds is 3. The van der Waals surface area contributed by atoms with Crippen molar-refractivity contribution in [3.05, 3.63) is 197 Å². The van der Waals surface area contributed by atoms with Crippen LogP contribution < -0.4 is 30.1 Å². The molecule has 0 N–H and O–H groups in total. The lowest BCUT2D eigenvalue weighted by Gasteiger charge is -2.48. The van der Waals surface area contributed by atoms with Gasteiger partial charge in [0.25, 0.3) is 0 Å². The fourth-order valence-corrected chi connectivity index (χ4v) is 14.1. The Labute approximate surface area is 446 Å². The summed E-state index contributed by atoms with van der Waals surface area (Å²) in [5, 5.41) is 2.20. The fourth-order valence-electron chi connectivity index (χ4n) is 14.1. The monoisotopic (exact) mass is 988 g/mol. The van der Waals surface area contributed by atoms with Gasteiger partial charge in [0.05, 0.1) is 0 Å². The number of ether oxygens (including phenoxy) is 2. The number of furan rings is 1. The molecule has 5 nitrogen and oxygen atoms in total. The van der Waals surface area contributed by atoms with Crippen LogP contribution in [0.2, 0.25) is 0 Å². The number of aryl methyl sites for hydroxylation is 1. The van der Waals surface area contributed by atoms with Crippen LogP contribution in [0.5, 0.6) is 23.0 Å². The van der Waals surface area contributed by atoms with Crippen molar-refractivity contribution in [2.75, 3.05) is 9.71 Å². The van der Waals surface area contributed by atoms with Gasteiger partial charge in [-0.25, -0.2) is 0 Å². The largest absolute Gasteiger partial charge is 0.455 e.